The normalized spacial score (nSPS) is 12.0. The van der Waals surface area contributed by atoms with E-state index >= 15 is 0 Å². The van der Waals surface area contributed by atoms with Gasteiger partial charge in [0, 0.05) is 54.4 Å². The molecule has 0 aromatic carbocycles. The average molecular weight is 339 g/mol. The summed E-state index contributed by atoms with van der Waals surface area (Å²) < 4.78 is 18.3. The van der Waals surface area contributed by atoms with E-state index in [4.69, 9.17) is 11.6 Å². The van der Waals surface area contributed by atoms with Crippen LogP contribution in [-0.2, 0) is 4.57 Å². The maximum absolute atomic E-state index is 13.9. The average Bonchev–Trinajstić information content (AvgIpc) is 2.40. The van der Waals surface area contributed by atoms with Gasteiger partial charge in [-0.25, -0.2) is 9.34 Å². The monoisotopic (exact) mass is 338 g/mol. The molecule has 7 heteroatoms. The molecule has 5 nitrogen and oxygen atoms in total. The molecule has 0 aliphatic heterocycles. The van der Waals surface area contributed by atoms with Crippen LogP contribution in [0.3, 0.4) is 0 Å². The van der Waals surface area contributed by atoms with Crippen molar-refractivity contribution in [2.75, 3.05) is 54.4 Å². The van der Waals surface area contributed by atoms with Gasteiger partial charge in [-0.15, -0.1) is 0 Å². The van der Waals surface area contributed by atoms with Gasteiger partial charge in [0.25, 0.3) is 7.44 Å². The van der Waals surface area contributed by atoms with Crippen LogP contribution in [0, 0.1) is 0 Å². The summed E-state index contributed by atoms with van der Waals surface area (Å²) >= 11 is 6.70. The second kappa shape index (κ2) is 9.04. The van der Waals surface area contributed by atoms with Gasteiger partial charge >= 0.3 is 0 Å². The Morgan fingerprint density at radius 3 is 1.29 bits per heavy atom. The van der Waals surface area contributed by atoms with Crippen LogP contribution in [-0.4, -0.2) is 73.5 Å². The first-order valence-electron chi connectivity index (χ1n) is 7.57. The molecule has 21 heavy (non-hydrogen) atoms. The van der Waals surface area contributed by atoms with Gasteiger partial charge < -0.3 is 9.80 Å². The second-order valence-corrected chi connectivity index (χ2v) is 8.53. The summed E-state index contributed by atoms with van der Waals surface area (Å²) in [6.45, 7) is 10.9. The SMILES string of the molecule is CCN(CC)P(=O)(C(Cl)=C(N(C)C)N(C)C)N(CC)CC. The van der Waals surface area contributed by atoms with Gasteiger partial charge in [-0.05, 0) is 0 Å². The minimum Gasteiger partial charge on any atom is -0.363 e. The van der Waals surface area contributed by atoms with E-state index < -0.39 is 7.44 Å². The lowest BCUT2D eigenvalue weighted by atomic mass is 10.6. The predicted octanol–water partition coefficient (Wildman–Crippen LogP) is 3.35. The molecule has 0 bridgehead atoms. The molecule has 0 N–H and O–H groups in total. The molecule has 0 unspecified atom stereocenters. The molecule has 0 fully saturated rings. The Morgan fingerprint density at radius 1 is 0.810 bits per heavy atom. The highest BCUT2D eigenvalue weighted by molar-refractivity contribution is 7.65. The highest BCUT2D eigenvalue weighted by Gasteiger charge is 2.40. The Morgan fingerprint density at radius 2 is 1.10 bits per heavy atom. The maximum Gasteiger partial charge on any atom is 0.260 e. The molecule has 0 radical (unpaired) electrons. The lowest BCUT2D eigenvalue weighted by Gasteiger charge is -2.39. The quantitative estimate of drug-likeness (QED) is 0.602. The zero-order valence-corrected chi connectivity index (χ0v) is 16.5. The van der Waals surface area contributed by atoms with Crippen molar-refractivity contribution in [3.8, 4) is 0 Å². The first-order chi connectivity index (χ1) is 9.71. The topological polar surface area (TPSA) is 30.0 Å². The van der Waals surface area contributed by atoms with Crippen molar-refractivity contribution in [1.29, 1.82) is 0 Å². The fraction of sp³-hybridized carbons (Fsp3) is 0.857. The Balaban J connectivity index is 6.25. The van der Waals surface area contributed by atoms with E-state index in [0.29, 0.717) is 31.0 Å². The largest absolute Gasteiger partial charge is 0.363 e. The molecule has 0 saturated carbocycles. The smallest absolute Gasteiger partial charge is 0.260 e. The van der Waals surface area contributed by atoms with E-state index in [9.17, 15) is 4.57 Å². The van der Waals surface area contributed by atoms with E-state index in [1.165, 1.54) is 0 Å². The molecule has 0 aliphatic rings. The van der Waals surface area contributed by atoms with E-state index in [-0.39, 0.29) is 0 Å². The fourth-order valence-corrected chi connectivity index (χ4v) is 6.57. The second-order valence-electron chi connectivity index (χ2n) is 5.23. The molecule has 0 aromatic rings. The number of rotatable bonds is 9. The van der Waals surface area contributed by atoms with E-state index in [2.05, 4.69) is 0 Å². The minimum absolute atomic E-state index is 0.435. The molecular weight excluding hydrogens is 307 g/mol. The summed E-state index contributed by atoms with van der Waals surface area (Å²) in [7, 11) is 4.73. The van der Waals surface area contributed by atoms with Gasteiger partial charge in [-0.1, -0.05) is 39.3 Å². The van der Waals surface area contributed by atoms with Crippen molar-refractivity contribution in [2.24, 2.45) is 0 Å². The van der Waals surface area contributed by atoms with Crippen LogP contribution in [0.4, 0.5) is 0 Å². The Bertz CT molecular complexity index is 364. The molecular formula is C14H32ClN4OP. The first kappa shape index (κ1) is 20.8. The minimum atomic E-state index is -2.97. The van der Waals surface area contributed by atoms with Gasteiger partial charge in [-0.2, -0.15) is 0 Å². The summed E-state index contributed by atoms with van der Waals surface area (Å²) in [4.78, 5) is 3.84. The van der Waals surface area contributed by atoms with Gasteiger partial charge in [0.1, 0.15) is 10.6 Å². The van der Waals surface area contributed by atoms with Crippen LogP contribution in [0.2, 0.25) is 0 Å². The van der Waals surface area contributed by atoms with Crippen molar-refractivity contribution in [1.82, 2.24) is 19.1 Å². The molecule has 0 amide bonds. The number of halogens is 1. The number of hydrogen-bond acceptors (Lipinski definition) is 3. The van der Waals surface area contributed by atoms with Crippen molar-refractivity contribution in [3.05, 3.63) is 10.6 Å². The summed E-state index contributed by atoms with van der Waals surface area (Å²) in [5, 5.41) is 0. The van der Waals surface area contributed by atoms with Gasteiger partial charge in [0.05, 0.1) is 0 Å². The predicted molar refractivity (Wildman–Crippen MR) is 93.7 cm³/mol. The van der Waals surface area contributed by atoms with Gasteiger partial charge in [0.2, 0.25) is 0 Å². The molecule has 0 heterocycles. The van der Waals surface area contributed by atoms with Crippen LogP contribution in [0.5, 0.6) is 0 Å². The first-order valence-corrected chi connectivity index (χ1v) is 9.56. The van der Waals surface area contributed by atoms with Gasteiger partial charge in [-0.3, -0.25) is 4.57 Å². The Kier molecular flexibility index (Phi) is 8.94. The van der Waals surface area contributed by atoms with E-state index in [0.717, 1.165) is 5.82 Å². The van der Waals surface area contributed by atoms with E-state index in [1.54, 1.807) is 0 Å². The highest BCUT2D eigenvalue weighted by Crippen LogP contribution is 2.62. The number of nitrogens with zero attached hydrogens (tertiary/aromatic N) is 4. The van der Waals surface area contributed by atoms with Crippen molar-refractivity contribution in [2.45, 2.75) is 27.7 Å². The molecule has 0 rings (SSSR count). The zero-order valence-electron chi connectivity index (χ0n) is 14.9. The molecule has 0 saturated heterocycles. The van der Waals surface area contributed by atoms with Gasteiger partial charge in [0.15, 0.2) is 0 Å². The molecule has 126 valence electrons. The number of hydrogen-bond donors (Lipinski definition) is 0. The third-order valence-corrected chi connectivity index (χ3v) is 7.72. The summed E-state index contributed by atoms with van der Waals surface area (Å²) in [5.74, 6) is 0.791. The highest BCUT2D eigenvalue weighted by atomic mass is 35.5. The Labute approximate surface area is 136 Å². The van der Waals surface area contributed by atoms with Crippen molar-refractivity contribution >= 4 is 19.0 Å². The molecule has 0 aromatic heterocycles. The molecule has 0 aliphatic carbocycles. The Hall–Kier alpha value is -0.220. The van der Waals surface area contributed by atoms with Crippen LogP contribution < -0.4 is 0 Å². The summed E-state index contributed by atoms with van der Waals surface area (Å²) in [6.07, 6.45) is 0. The maximum atomic E-state index is 13.9. The molecule has 0 atom stereocenters. The lowest BCUT2D eigenvalue weighted by Crippen LogP contribution is -2.34. The van der Waals surface area contributed by atoms with Crippen LogP contribution in [0.1, 0.15) is 27.7 Å². The summed E-state index contributed by atoms with van der Waals surface area (Å²) in [6, 6.07) is 0. The summed E-state index contributed by atoms with van der Waals surface area (Å²) in [5.41, 5.74) is 0. The van der Waals surface area contributed by atoms with Crippen molar-refractivity contribution in [3.63, 3.8) is 0 Å². The third kappa shape index (κ3) is 4.38. The van der Waals surface area contributed by atoms with Crippen LogP contribution >= 0.6 is 19.0 Å². The zero-order chi connectivity index (χ0) is 16.8. The van der Waals surface area contributed by atoms with Crippen LogP contribution in [0.15, 0.2) is 10.6 Å². The molecule has 0 spiro atoms. The van der Waals surface area contributed by atoms with Crippen molar-refractivity contribution < 1.29 is 4.57 Å². The lowest BCUT2D eigenvalue weighted by molar-refractivity contribution is 0.333. The standard InChI is InChI=1S/C14H32ClN4OP/c1-9-18(10-2)21(20,19(11-3)12-4)13(15)14(16(5)6)17(7)8/h9-12H2,1-8H3. The van der Waals surface area contributed by atoms with Crippen LogP contribution in [0.25, 0.3) is 0 Å². The van der Waals surface area contributed by atoms with E-state index in [1.807, 2.05) is 75.0 Å². The third-order valence-electron chi connectivity index (χ3n) is 3.51. The fourth-order valence-electron chi connectivity index (χ4n) is 2.54.